The molecular formula is C54H90O6. The quantitative estimate of drug-likeness (QED) is 0.0263. The van der Waals surface area contributed by atoms with E-state index >= 15 is 0 Å². The summed E-state index contributed by atoms with van der Waals surface area (Å²) < 4.78 is 16.7. The molecule has 1 atom stereocenters. The summed E-state index contributed by atoms with van der Waals surface area (Å²) in [5.41, 5.74) is 0. The maximum atomic E-state index is 12.8. The first-order valence-electron chi connectivity index (χ1n) is 24.6. The molecule has 0 fully saturated rings. The Balaban J connectivity index is 4.49. The molecule has 0 amide bonds. The van der Waals surface area contributed by atoms with Gasteiger partial charge in [-0.25, -0.2) is 0 Å². The molecule has 60 heavy (non-hydrogen) atoms. The molecule has 0 radical (unpaired) electrons. The molecule has 0 aliphatic rings. The van der Waals surface area contributed by atoms with Gasteiger partial charge in [-0.05, 0) is 89.9 Å². The molecule has 1 unspecified atom stereocenters. The molecule has 0 bridgehead atoms. The summed E-state index contributed by atoms with van der Waals surface area (Å²) in [6, 6.07) is 0. The summed E-state index contributed by atoms with van der Waals surface area (Å²) in [6.07, 6.45) is 61.4. The largest absolute Gasteiger partial charge is 0.462 e. The third-order valence-corrected chi connectivity index (χ3v) is 10.1. The number of rotatable bonds is 43. The Hall–Kier alpha value is -3.41. The molecule has 0 aliphatic heterocycles. The lowest BCUT2D eigenvalue weighted by Crippen LogP contribution is -2.30. The number of carbonyl (C=O) groups excluding carboxylic acids is 3. The molecule has 0 saturated carbocycles. The van der Waals surface area contributed by atoms with Crippen LogP contribution in [0.5, 0.6) is 0 Å². The monoisotopic (exact) mass is 835 g/mol. The Morgan fingerprint density at radius 1 is 0.350 bits per heavy atom. The highest BCUT2D eigenvalue weighted by Gasteiger charge is 2.19. The lowest BCUT2D eigenvalue weighted by molar-refractivity contribution is -0.167. The van der Waals surface area contributed by atoms with E-state index < -0.39 is 6.10 Å². The van der Waals surface area contributed by atoms with Crippen LogP contribution < -0.4 is 0 Å². The van der Waals surface area contributed by atoms with Crippen molar-refractivity contribution in [2.24, 2.45) is 0 Å². The van der Waals surface area contributed by atoms with E-state index in [4.69, 9.17) is 14.2 Å². The van der Waals surface area contributed by atoms with Crippen LogP contribution in [0.1, 0.15) is 220 Å². The number of hydrogen-bond acceptors (Lipinski definition) is 6. The van der Waals surface area contributed by atoms with Crippen LogP contribution >= 0.6 is 0 Å². The summed E-state index contributed by atoms with van der Waals surface area (Å²) in [4.78, 5) is 37.9. The first kappa shape index (κ1) is 56.6. The fourth-order valence-corrected chi connectivity index (χ4v) is 6.50. The zero-order valence-electron chi connectivity index (χ0n) is 38.9. The smallest absolute Gasteiger partial charge is 0.306 e. The molecular weight excluding hydrogens is 745 g/mol. The molecule has 0 aromatic rings. The summed E-state index contributed by atoms with van der Waals surface area (Å²) in [5.74, 6) is -0.974. The van der Waals surface area contributed by atoms with Crippen molar-refractivity contribution < 1.29 is 28.6 Å². The van der Waals surface area contributed by atoms with Gasteiger partial charge in [0.1, 0.15) is 13.2 Å². The van der Waals surface area contributed by atoms with Crippen molar-refractivity contribution in [3.05, 3.63) is 85.1 Å². The summed E-state index contributed by atoms with van der Waals surface area (Å²) in [5, 5.41) is 0. The van der Waals surface area contributed by atoms with Crippen molar-refractivity contribution in [1.82, 2.24) is 0 Å². The number of allylic oxidation sites excluding steroid dienone is 14. The van der Waals surface area contributed by atoms with Crippen molar-refractivity contribution in [3.8, 4) is 0 Å². The van der Waals surface area contributed by atoms with Crippen LogP contribution in [0, 0.1) is 0 Å². The van der Waals surface area contributed by atoms with Gasteiger partial charge in [-0.3, -0.25) is 14.4 Å². The predicted octanol–water partition coefficient (Wildman–Crippen LogP) is 16.0. The van der Waals surface area contributed by atoms with Gasteiger partial charge in [-0.2, -0.15) is 0 Å². The van der Waals surface area contributed by atoms with Crippen LogP contribution in [0.25, 0.3) is 0 Å². The standard InChI is InChI=1S/C54H90O6/c1-4-7-10-13-16-19-22-25-27-30-32-35-38-41-44-47-53(56)59-50-51(49-58-52(55)46-43-40-37-34-31-28-24-21-18-15-12-9-6-3)60-54(57)48-45-42-39-36-33-29-26-23-20-17-14-11-8-5-2/h7,9-10,12,16,18-19,21,25,27-28,31-32,35,51H,4-6,8,11,13-15,17,20,22-24,26,29-30,33-34,36-50H2,1-3H3/b10-7-,12-9-,19-16-,21-18-,27-25-,31-28-,35-32-. The Morgan fingerprint density at radius 2 is 0.650 bits per heavy atom. The maximum absolute atomic E-state index is 12.8. The van der Waals surface area contributed by atoms with Gasteiger partial charge >= 0.3 is 17.9 Å². The topological polar surface area (TPSA) is 78.9 Å². The Bertz CT molecular complexity index is 1190. The molecule has 0 saturated heterocycles. The van der Waals surface area contributed by atoms with Crippen molar-refractivity contribution in [1.29, 1.82) is 0 Å². The van der Waals surface area contributed by atoms with Gasteiger partial charge in [0.25, 0.3) is 0 Å². The lowest BCUT2D eigenvalue weighted by Gasteiger charge is -2.18. The molecule has 0 rings (SSSR count). The highest BCUT2D eigenvalue weighted by Crippen LogP contribution is 2.14. The van der Waals surface area contributed by atoms with Crippen LogP contribution in [-0.2, 0) is 28.6 Å². The van der Waals surface area contributed by atoms with E-state index in [1.165, 1.54) is 70.6 Å². The molecule has 0 aliphatic carbocycles. The summed E-state index contributed by atoms with van der Waals surface area (Å²) in [7, 11) is 0. The normalized spacial score (nSPS) is 12.8. The highest BCUT2D eigenvalue weighted by atomic mass is 16.6. The van der Waals surface area contributed by atoms with Crippen LogP contribution in [0.3, 0.4) is 0 Å². The first-order chi connectivity index (χ1) is 29.5. The molecule has 6 nitrogen and oxygen atoms in total. The van der Waals surface area contributed by atoms with Crippen LogP contribution in [0.2, 0.25) is 0 Å². The molecule has 342 valence electrons. The number of carbonyl (C=O) groups is 3. The highest BCUT2D eigenvalue weighted by molar-refractivity contribution is 5.71. The summed E-state index contributed by atoms with van der Waals surface area (Å²) in [6.45, 7) is 6.34. The van der Waals surface area contributed by atoms with Crippen molar-refractivity contribution in [2.45, 2.75) is 226 Å². The van der Waals surface area contributed by atoms with Gasteiger partial charge in [0.05, 0.1) is 0 Å². The van der Waals surface area contributed by atoms with E-state index in [0.717, 1.165) is 109 Å². The van der Waals surface area contributed by atoms with Gasteiger partial charge in [0, 0.05) is 19.3 Å². The SMILES string of the molecule is CC/C=C\C/C=C\C/C=C\C/C=C\CCCCC(=O)OCC(COC(=O)CCCCC/C=C\C/C=C\C/C=C\CC)OC(=O)CCCCCCCCCCCCCCCC. The Labute approximate surface area is 369 Å². The van der Waals surface area contributed by atoms with Gasteiger partial charge in [0.2, 0.25) is 0 Å². The third kappa shape index (κ3) is 45.7. The predicted molar refractivity (Wildman–Crippen MR) is 256 cm³/mol. The van der Waals surface area contributed by atoms with E-state index in [-0.39, 0.29) is 31.1 Å². The first-order valence-corrected chi connectivity index (χ1v) is 24.6. The zero-order valence-corrected chi connectivity index (χ0v) is 38.9. The van der Waals surface area contributed by atoms with Crippen LogP contribution in [-0.4, -0.2) is 37.2 Å². The van der Waals surface area contributed by atoms with Gasteiger partial charge < -0.3 is 14.2 Å². The van der Waals surface area contributed by atoms with E-state index in [2.05, 4.69) is 106 Å². The minimum Gasteiger partial charge on any atom is -0.462 e. The summed E-state index contributed by atoms with van der Waals surface area (Å²) >= 11 is 0. The second-order valence-electron chi connectivity index (χ2n) is 16.0. The van der Waals surface area contributed by atoms with E-state index in [1.807, 2.05) is 0 Å². The fourth-order valence-electron chi connectivity index (χ4n) is 6.50. The van der Waals surface area contributed by atoms with Gasteiger partial charge in [-0.15, -0.1) is 0 Å². The minimum absolute atomic E-state index is 0.104. The third-order valence-electron chi connectivity index (χ3n) is 10.1. The maximum Gasteiger partial charge on any atom is 0.306 e. The molecule has 0 spiro atoms. The number of esters is 3. The lowest BCUT2D eigenvalue weighted by atomic mass is 10.0. The molecule has 6 heteroatoms. The number of ether oxygens (including phenoxy) is 3. The van der Waals surface area contributed by atoms with Crippen LogP contribution in [0.15, 0.2) is 85.1 Å². The Kier molecular flexibility index (Phi) is 45.5. The second kappa shape index (κ2) is 48.3. The second-order valence-corrected chi connectivity index (χ2v) is 16.0. The molecule has 0 aromatic heterocycles. The van der Waals surface area contributed by atoms with Crippen molar-refractivity contribution in [3.63, 3.8) is 0 Å². The van der Waals surface area contributed by atoms with Crippen LogP contribution in [0.4, 0.5) is 0 Å². The Morgan fingerprint density at radius 3 is 1.05 bits per heavy atom. The minimum atomic E-state index is -0.803. The average molecular weight is 835 g/mol. The van der Waals surface area contributed by atoms with Crippen molar-refractivity contribution >= 4 is 17.9 Å². The number of hydrogen-bond donors (Lipinski definition) is 0. The average Bonchev–Trinajstić information content (AvgIpc) is 3.24. The molecule has 0 N–H and O–H groups in total. The van der Waals surface area contributed by atoms with Gasteiger partial charge in [0.15, 0.2) is 6.10 Å². The zero-order chi connectivity index (χ0) is 43.7. The van der Waals surface area contributed by atoms with E-state index in [1.54, 1.807) is 0 Å². The molecule has 0 aromatic carbocycles. The fraction of sp³-hybridized carbons (Fsp3) is 0.685. The molecule has 0 heterocycles. The van der Waals surface area contributed by atoms with E-state index in [0.29, 0.717) is 19.3 Å². The van der Waals surface area contributed by atoms with Gasteiger partial charge in [-0.1, -0.05) is 196 Å². The van der Waals surface area contributed by atoms with E-state index in [9.17, 15) is 14.4 Å². The van der Waals surface area contributed by atoms with Crippen molar-refractivity contribution in [2.75, 3.05) is 13.2 Å². The number of unbranched alkanes of at least 4 members (excludes halogenated alkanes) is 18.